The molecule has 1 amide bonds. The number of pyridine rings is 1. The number of aromatic nitrogens is 1. The van der Waals surface area contributed by atoms with Gasteiger partial charge in [-0.2, -0.15) is 13.2 Å². The molecular weight excluding hydrogens is 711 g/mol. The van der Waals surface area contributed by atoms with Crippen LogP contribution in [-0.2, 0) is 26.9 Å². The summed E-state index contributed by atoms with van der Waals surface area (Å²) in [4.78, 5) is 42.5. The number of hydrogen-bond donors (Lipinski definition) is 1. The normalized spacial score (nSPS) is 17.7. The zero-order valence-corrected chi connectivity index (χ0v) is 28.8. The Balaban J connectivity index is 1.59. The van der Waals surface area contributed by atoms with Gasteiger partial charge in [0.15, 0.2) is 0 Å². The van der Waals surface area contributed by atoms with E-state index in [4.69, 9.17) is 9.47 Å². The van der Waals surface area contributed by atoms with E-state index >= 15 is 8.78 Å². The van der Waals surface area contributed by atoms with E-state index in [0.29, 0.717) is 27.3 Å². The topological polar surface area (TPSA) is 89.9 Å². The molecule has 0 radical (unpaired) electrons. The lowest BCUT2D eigenvalue weighted by Gasteiger charge is -2.34. The summed E-state index contributed by atoms with van der Waals surface area (Å²) in [5, 5.41) is 2.54. The van der Waals surface area contributed by atoms with Crippen LogP contribution in [0.2, 0.25) is 0 Å². The second-order valence-corrected chi connectivity index (χ2v) is 13.1. The van der Waals surface area contributed by atoms with Crippen LogP contribution in [-0.4, -0.2) is 53.8 Å². The second kappa shape index (κ2) is 14.7. The van der Waals surface area contributed by atoms with Gasteiger partial charge in [-0.15, -0.1) is 0 Å². The highest BCUT2D eigenvalue weighted by molar-refractivity contribution is 5.85. The lowest BCUT2D eigenvalue weighted by Crippen LogP contribution is -2.49. The number of rotatable bonds is 7. The van der Waals surface area contributed by atoms with Gasteiger partial charge in [0, 0.05) is 54.7 Å². The molecule has 6 rings (SSSR count). The van der Waals surface area contributed by atoms with Crippen molar-refractivity contribution in [3.05, 3.63) is 116 Å². The molecule has 3 aromatic carbocycles. The molecule has 1 saturated heterocycles. The van der Waals surface area contributed by atoms with Crippen molar-refractivity contribution in [2.75, 3.05) is 26.2 Å². The lowest BCUT2D eigenvalue weighted by molar-refractivity contribution is -0.144. The number of aryl methyl sites for hydroxylation is 2. The van der Waals surface area contributed by atoms with E-state index in [0.717, 1.165) is 24.4 Å². The fraction of sp³-hybridized carbons (Fsp3) is 0.342. The van der Waals surface area contributed by atoms with Gasteiger partial charge in [-0.05, 0) is 85.8 Å². The van der Waals surface area contributed by atoms with Gasteiger partial charge >= 0.3 is 12.1 Å². The van der Waals surface area contributed by atoms with E-state index in [2.05, 4.69) is 5.32 Å². The minimum Gasteiger partial charge on any atom is -0.466 e. The van der Waals surface area contributed by atoms with E-state index in [1.54, 1.807) is 11.8 Å². The average Bonchev–Trinajstić information content (AvgIpc) is 3.05. The second-order valence-electron chi connectivity index (χ2n) is 13.1. The summed E-state index contributed by atoms with van der Waals surface area (Å²) in [5.41, 5.74) is -2.76. The van der Waals surface area contributed by atoms with Crippen molar-refractivity contribution >= 4 is 11.9 Å². The van der Waals surface area contributed by atoms with Gasteiger partial charge in [0.2, 0.25) is 5.91 Å². The highest BCUT2D eigenvalue weighted by Crippen LogP contribution is 2.41. The van der Waals surface area contributed by atoms with E-state index in [-0.39, 0.29) is 55.3 Å². The number of amides is 1. The van der Waals surface area contributed by atoms with Gasteiger partial charge in [-0.1, -0.05) is 0 Å². The number of carbonyl (C=O) groups excluding carboxylic acids is 2. The van der Waals surface area contributed by atoms with Crippen LogP contribution in [0, 0.1) is 31.3 Å². The maximum atomic E-state index is 16.1. The number of benzene rings is 3. The number of esters is 1. The number of alkyl halides is 4. The maximum Gasteiger partial charge on any atom is 0.416 e. The van der Waals surface area contributed by atoms with Gasteiger partial charge < -0.3 is 14.8 Å². The number of nitrogens with zero attached hydrogens (tertiary/aromatic N) is 2. The van der Waals surface area contributed by atoms with Crippen LogP contribution in [0.5, 0.6) is 11.5 Å². The number of nitrogens with one attached hydrogen (secondary N) is 1. The Bertz CT molecular complexity index is 2150. The number of fused-ring (bicyclic) bond motifs is 6. The Morgan fingerprint density at radius 2 is 1.72 bits per heavy atom. The monoisotopic (exact) mass is 745 g/mol. The van der Waals surface area contributed by atoms with Gasteiger partial charge in [-0.3, -0.25) is 23.9 Å². The molecule has 280 valence electrons. The first kappa shape index (κ1) is 37.6. The molecule has 3 heterocycles. The van der Waals surface area contributed by atoms with Crippen molar-refractivity contribution in [2.45, 2.75) is 58.0 Å². The van der Waals surface area contributed by atoms with Crippen LogP contribution < -0.4 is 15.6 Å². The van der Waals surface area contributed by atoms with Crippen molar-refractivity contribution < 1.29 is 49.8 Å². The van der Waals surface area contributed by atoms with Crippen LogP contribution in [0.4, 0.5) is 30.7 Å². The molecule has 4 bridgehead atoms. The third-order valence-corrected chi connectivity index (χ3v) is 9.30. The molecule has 1 fully saturated rings. The first-order valence-corrected chi connectivity index (χ1v) is 16.8. The van der Waals surface area contributed by atoms with E-state index in [9.17, 15) is 36.3 Å². The summed E-state index contributed by atoms with van der Waals surface area (Å²) in [5.74, 6) is -4.87. The Labute approximate surface area is 299 Å². The Kier molecular flexibility index (Phi) is 10.4. The molecule has 0 unspecified atom stereocenters. The van der Waals surface area contributed by atoms with Crippen molar-refractivity contribution in [1.82, 2.24) is 14.8 Å². The molecular formula is C38H34F7N3O5. The van der Waals surface area contributed by atoms with Gasteiger partial charge in [0.25, 0.3) is 5.56 Å². The number of carbonyl (C=O) groups is 2. The zero-order valence-electron chi connectivity index (χ0n) is 28.8. The number of hydrogen-bond acceptors (Lipinski definition) is 6. The molecule has 1 N–H and O–H groups in total. The predicted molar refractivity (Wildman–Crippen MR) is 179 cm³/mol. The Hall–Kier alpha value is -5.18. The third kappa shape index (κ3) is 7.80. The van der Waals surface area contributed by atoms with Gasteiger partial charge in [0.05, 0.1) is 24.6 Å². The van der Waals surface area contributed by atoms with Crippen molar-refractivity contribution in [3.8, 4) is 22.6 Å². The molecule has 4 aromatic rings. The van der Waals surface area contributed by atoms with Crippen molar-refractivity contribution in [3.63, 3.8) is 0 Å². The molecule has 0 spiro atoms. The largest absolute Gasteiger partial charge is 0.466 e. The summed E-state index contributed by atoms with van der Waals surface area (Å²) in [6.07, 6.45) is -6.28. The fourth-order valence-corrected chi connectivity index (χ4v) is 6.80. The molecule has 15 heteroatoms. The van der Waals surface area contributed by atoms with E-state index in [1.807, 2.05) is 0 Å². The summed E-state index contributed by atoms with van der Waals surface area (Å²) in [7, 11) is 0. The van der Waals surface area contributed by atoms with Gasteiger partial charge in [0.1, 0.15) is 41.2 Å². The molecule has 2 atom stereocenters. The third-order valence-electron chi connectivity index (χ3n) is 9.30. The minimum atomic E-state index is -5.00. The number of ether oxygens (including phenoxy) is 2. The van der Waals surface area contributed by atoms with Crippen LogP contribution >= 0.6 is 0 Å². The van der Waals surface area contributed by atoms with Crippen LogP contribution in [0.15, 0.2) is 59.5 Å². The van der Waals surface area contributed by atoms with Crippen molar-refractivity contribution in [1.29, 1.82) is 0 Å². The highest BCUT2D eigenvalue weighted by atomic mass is 19.4. The van der Waals surface area contributed by atoms with E-state index < -0.39 is 82.4 Å². The lowest BCUT2D eigenvalue weighted by atomic mass is 9.92. The van der Waals surface area contributed by atoms with Crippen LogP contribution in [0.25, 0.3) is 11.1 Å². The van der Waals surface area contributed by atoms with Gasteiger partial charge in [-0.25, -0.2) is 17.6 Å². The molecule has 2 aliphatic rings. The van der Waals surface area contributed by atoms with E-state index in [1.165, 1.54) is 38.1 Å². The van der Waals surface area contributed by atoms with Crippen LogP contribution in [0.1, 0.15) is 58.8 Å². The zero-order chi connectivity index (χ0) is 38.4. The van der Waals surface area contributed by atoms with Crippen LogP contribution in [0.3, 0.4) is 0 Å². The molecule has 1 aromatic heterocycles. The maximum absolute atomic E-state index is 16.1. The standard InChI is InChI=1S/C38H34F7N3O5/c1-4-52-33(50)15-30-27-11-22(9-20(3)35(27)42)34-19(2)10-23(39)12-31(34)53-25-5-6-29(41)26(13-25)36(37(51)46-30)48-16-21(7-8-47-17-24(40)18-47)28(14-32(48)49)38(43,44)45/h5-6,9-14,16,24,30,36H,4,7-8,15,17-18H2,1-3H3,(H,46,51)/t30-,36+/m0/s1. The minimum absolute atomic E-state index is 0.00959. The van der Waals surface area contributed by atoms with Crippen molar-refractivity contribution in [2.24, 2.45) is 0 Å². The Morgan fingerprint density at radius 3 is 2.40 bits per heavy atom. The number of likely N-dealkylation sites (tertiary alicyclic amines) is 1. The predicted octanol–water partition coefficient (Wildman–Crippen LogP) is 7.27. The summed E-state index contributed by atoms with van der Waals surface area (Å²) >= 11 is 0. The molecule has 0 aliphatic carbocycles. The smallest absolute Gasteiger partial charge is 0.416 e. The SMILES string of the molecule is CCOC(=O)C[C@@H]1NC(=O)[C@H](n2cc(CCN3CC(F)C3)c(C(F)(F)F)cc2=O)c2cc(ccc2F)Oc2cc(F)cc(C)c2-c2cc(C)c(F)c1c2. The molecule has 53 heavy (non-hydrogen) atoms. The quantitative estimate of drug-likeness (QED) is 0.158. The summed E-state index contributed by atoms with van der Waals surface area (Å²) in [6, 6.07) is 4.94. The first-order chi connectivity index (χ1) is 25.0. The molecule has 8 nitrogen and oxygen atoms in total. The molecule has 0 saturated carbocycles. The average molecular weight is 746 g/mol. The first-order valence-electron chi connectivity index (χ1n) is 16.8. The summed E-state index contributed by atoms with van der Waals surface area (Å²) < 4.78 is 115. The number of halogens is 7. The molecule has 2 aliphatic heterocycles. The highest BCUT2D eigenvalue weighted by Gasteiger charge is 2.38. The summed E-state index contributed by atoms with van der Waals surface area (Å²) in [6.45, 7) is 4.49. The fourth-order valence-electron chi connectivity index (χ4n) is 6.80. The Morgan fingerprint density at radius 1 is 0.981 bits per heavy atom.